The minimum Gasteiger partial charge on any atom is -0.398 e. The molecule has 8 heteroatoms. The largest absolute Gasteiger partial charge is 0.398 e. The third-order valence-electron chi connectivity index (χ3n) is 3.40. The molecular weight excluding hydrogens is 282 g/mol. The summed E-state index contributed by atoms with van der Waals surface area (Å²) in [4.78, 5) is 14.4. The molecule has 6 nitrogen and oxygen atoms in total. The van der Waals surface area contributed by atoms with Crippen LogP contribution in [-0.4, -0.2) is 30.3 Å². The number of hydrogen-bond acceptors (Lipinski definition) is 5. The summed E-state index contributed by atoms with van der Waals surface area (Å²) < 4.78 is 25.6. The van der Waals surface area contributed by atoms with Gasteiger partial charge in [0.25, 0.3) is 12.1 Å². The molecule has 0 aromatic heterocycles. The SMILES string of the molecule is Nc1cc(C(F)F)c([N+](=O)[O-])cc1C=NC1CCNCC1. The second-order valence-corrected chi connectivity index (χ2v) is 4.86. The molecule has 0 aliphatic carbocycles. The van der Waals surface area contributed by atoms with Gasteiger partial charge in [-0.25, -0.2) is 8.78 Å². The number of nitrogen functional groups attached to an aromatic ring is 1. The molecule has 1 aromatic rings. The average molecular weight is 298 g/mol. The van der Waals surface area contributed by atoms with Gasteiger partial charge in [-0.05, 0) is 32.0 Å². The van der Waals surface area contributed by atoms with Crippen LogP contribution in [0.25, 0.3) is 0 Å². The summed E-state index contributed by atoms with van der Waals surface area (Å²) >= 11 is 0. The lowest BCUT2D eigenvalue weighted by molar-refractivity contribution is -0.386. The number of aliphatic imine (C=N–C) groups is 1. The molecule has 1 heterocycles. The predicted molar refractivity (Wildman–Crippen MR) is 76.0 cm³/mol. The highest BCUT2D eigenvalue weighted by Gasteiger charge is 2.23. The molecule has 2 rings (SSSR count). The minimum absolute atomic E-state index is 0.0635. The van der Waals surface area contributed by atoms with Crippen molar-refractivity contribution < 1.29 is 13.7 Å². The molecule has 1 fully saturated rings. The highest BCUT2D eigenvalue weighted by molar-refractivity contribution is 5.88. The van der Waals surface area contributed by atoms with Crippen molar-refractivity contribution in [1.82, 2.24) is 5.32 Å². The fourth-order valence-electron chi connectivity index (χ4n) is 2.22. The second-order valence-electron chi connectivity index (χ2n) is 4.86. The van der Waals surface area contributed by atoms with Crippen molar-refractivity contribution in [3.63, 3.8) is 0 Å². The van der Waals surface area contributed by atoms with Crippen molar-refractivity contribution in [1.29, 1.82) is 0 Å². The lowest BCUT2D eigenvalue weighted by atomic mass is 10.1. The quantitative estimate of drug-likeness (QED) is 0.386. The maximum Gasteiger partial charge on any atom is 0.279 e. The highest BCUT2D eigenvalue weighted by atomic mass is 19.3. The van der Waals surface area contributed by atoms with E-state index >= 15 is 0 Å². The van der Waals surface area contributed by atoms with Crippen LogP contribution in [0.15, 0.2) is 17.1 Å². The monoisotopic (exact) mass is 298 g/mol. The molecule has 114 valence electrons. The zero-order valence-corrected chi connectivity index (χ0v) is 11.3. The summed E-state index contributed by atoms with van der Waals surface area (Å²) in [5, 5.41) is 14.1. The molecule has 0 atom stereocenters. The molecule has 3 N–H and O–H groups in total. The first-order chi connectivity index (χ1) is 9.99. The Morgan fingerprint density at radius 2 is 2.10 bits per heavy atom. The third kappa shape index (κ3) is 3.72. The van der Waals surface area contributed by atoms with Crippen molar-refractivity contribution in [2.45, 2.75) is 25.3 Å². The summed E-state index contributed by atoms with van der Waals surface area (Å²) in [5.41, 5.74) is 4.74. The van der Waals surface area contributed by atoms with E-state index in [0.717, 1.165) is 38.1 Å². The van der Waals surface area contributed by atoms with Crippen LogP contribution in [0.2, 0.25) is 0 Å². The molecule has 1 aliphatic heterocycles. The van der Waals surface area contributed by atoms with Gasteiger partial charge < -0.3 is 11.1 Å². The average Bonchev–Trinajstić information content (AvgIpc) is 2.46. The van der Waals surface area contributed by atoms with Crippen LogP contribution in [0.4, 0.5) is 20.2 Å². The number of nitrogens with zero attached hydrogens (tertiary/aromatic N) is 2. The number of nitrogens with one attached hydrogen (secondary N) is 1. The Bertz CT molecular complexity index is 557. The van der Waals surface area contributed by atoms with E-state index in [1.165, 1.54) is 6.21 Å². The molecule has 0 radical (unpaired) electrons. The summed E-state index contributed by atoms with van der Waals surface area (Å²) in [5.74, 6) is 0. The van der Waals surface area contributed by atoms with Crippen molar-refractivity contribution in [2.75, 3.05) is 18.8 Å². The molecule has 1 saturated heterocycles. The molecule has 0 bridgehead atoms. The summed E-state index contributed by atoms with van der Waals surface area (Å²) in [6, 6.07) is 2.13. The Labute approximate surface area is 120 Å². The van der Waals surface area contributed by atoms with Gasteiger partial charge in [0, 0.05) is 23.5 Å². The van der Waals surface area contributed by atoms with Gasteiger partial charge >= 0.3 is 0 Å². The van der Waals surface area contributed by atoms with E-state index in [-0.39, 0.29) is 11.7 Å². The molecule has 0 spiro atoms. The van der Waals surface area contributed by atoms with Crippen LogP contribution in [0.3, 0.4) is 0 Å². The fraction of sp³-hybridized carbons (Fsp3) is 0.462. The van der Waals surface area contributed by atoms with Gasteiger partial charge in [-0.2, -0.15) is 0 Å². The van der Waals surface area contributed by atoms with Crippen molar-refractivity contribution in [2.24, 2.45) is 4.99 Å². The predicted octanol–water partition coefficient (Wildman–Crippen LogP) is 2.29. The van der Waals surface area contributed by atoms with Gasteiger partial charge in [0.15, 0.2) is 0 Å². The Morgan fingerprint density at radius 1 is 1.43 bits per heavy atom. The van der Waals surface area contributed by atoms with Crippen molar-refractivity contribution >= 4 is 17.6 Å². The highest BCUT2D eigenvalue weighted by Crippen LogP contribution is 2.32. The maximum atomic E-state index is 12.8. The lowest BCUT2D eigenvalue weighted by Gasteiger charge is -2.18. The normalized spacial score (nSPS) is 16.7. The number of alkyl halides is 2. The lowest BCUT2D eigenvalue weighted by Crippen LogP contribution is -2.29. The zero-order valence-electron chi connectivity index (χ0n) is 11.3. The van der Waals surface area contributed by atoms with Gasteiger partial charge in [-0.15, -0.1) is 0 Å². The number of nitro benzene ring substituents is 1. The first-order valence-corrected chi connectivity index (χ1v) is 6.59. The van der Waals surface area contributed by atoms with Gasteiger partial charge in [0.1, 0.15) is 0 Å². The smallest absolute Gasteiger partial charge is 0.279 e. The first kappa shape index (κ1) is 15.3. The van der Waals surface area contributed by atoms with Crippen LogP contribution in [0, 0.1) is 10.1 Å². The topological polar surface area (TPSA) is 93.5 Å². The molecule has 21 heavy (non-hydrogen) atoms. The maximum absolute atomic E-state index is 12.8. The van der Waals surface area contributed by atoms with E-state index in [2.05, 4.69) is 10.3 Å². The third-order valence-corrected chi connectivity index (χ3v) is 3.40. The molecule has 0 amide bonds. The fourth-order valence-corrected chi connectivity index (χ4v) is 2.22. The van der Waals surface area contributed by atoms with Crippen LogP contribution in [-0.2, 0) is 0 Å². The van der Waals surface area contributed by atoms with Crippen LogP contribution in [0.1, 0.15) is 30.4 Å². The molecular formula is C13H16F2N4O2. The number of hydrogen-bond donors (Lipinski definition) is 2. The summed E-state index contributed by atoms with van der Waals surface area (Å²) in [7, 11) is 0. The van der Waals surface area contributed by atoms with E-state index in [0.29, 0.717) is 5.56 Å². The van der Waals surface area contributed by atoms with Gasteiger partial charge in [-0.1, -0.05) is 0 Å². The standard InChI is InChI=1S/C13H16F2N4O2/c14-13(15)10-6-11(16)8(5-12(10)19(20)21)7-18-9-1-3-17-4-2-9/h5-7,9,13,17H,1-4,16H2. The zero-order chi connectivity index (χ0) is 15.4. The number of benzene rings is 1. The number of nitrogens with two attached hydrogens (primary N) is 1. The summed E-state index contributed by atoms with van der Waals surface area (Å²) in [6.07, 6.45) is 0.234. The number of halogens is 2. The number of anilines is 1. The Hall–Kier alpha value is -2.09. The molecule has 0 unspecified atom stereocenters. The number of nitro groups is 1. The molecule has 1 aromatic carbocycles. The Morgan fingerprint density at radius 3 is 2.67 bits per heavy atom. The van der Waals surface area contributed by atoms with E-state index in [1.807, 2.05) is 0 Å². The van der Waals surface area contributed by atoms with Crippen LogP contribution >= 0.6 is 0 Å². The van der Waals surface area contributed by atoms with Gasteiger partial charge in [0.2, 0.25) is 0 Å². The van der Waals surface area contributed by atoms with Gasteiger partial charge in [0.05, 0.1) is 16.5 Å². The van der Waals surface area contributed by atoms with Crippen molar-refractivity contribution in [3.8, 4) is 0 Å². The minimum atomic E-state index is -2.94. The van der Waals surface area contributed by atoms with Crippen LogP contribution < -0.4 is 11.1 Å². The number of piperidine rings is 1. The molecule has 1 aliphatic rings. The van der Waals surface area contributed by atoms with E-state index in [1.54, 1.807) is 0 Å². The van der Waals surface area contributed by atoms with Crippen molar-refractivity contribution in [3.05, 3.63) is 33.4 Å². The second kappa shape index (κ2) is 6.57. The number of rotatable bonds is 4. The molecule has 0 saturated carbocycles. The Balaban J connectivity index is 2.28. The van der Waals surface area contributed by atoms with Gasteiger partial charge in [-0.3, -0.25) is 15.1 Å². The van der Waals surface area contributed by atoms with E-state index in [4.69, 9.17) is 5.73 Å². The van der Waals surface area contributed by atoms with E-state index < -0.39 is 22.6 Å². The summed E-state index contributed by atoms with van der Waals surface area (Å²) in [6.45, 7) is 1.73. The van der Waals surface area contributed by atoms with Crippen LogP contribution in [0.5, 0.6) is 0 Å². The first-order valence-electron chi connectivity index (χ1n) is 6.59. The van der Waals surface area contributed by atoms with E-state index in [9.17, 15) is 18.9 Å². The Kier molecular flexibility index (Phi) is 4.79.